The molecule has 1 unspecified atom stereocenters. The van der Waals surface area contributed by atoms with Gasteiger partial charge in [-0.05, 0) is 33.9 Å². The zero-order valence-electron chi connectivity index (χ0n) is 13.0. The van der Waals surface area contributed by atoms with Gasteiger partial charge in [0.2, 0.25) is 0 Å². The van der Waals surface area contributed by atoms with Crippen LogP contribution in [0.1, 0.15) is 51.3 Å². The zero-order valence-corrected chi connectivity index (χ0v) is 13.0. The van der Waals surface area contributed by atoms with Crippen molar-refractivity contribution in [3.8, 4) is 0 Å². The van der Waals surface area contributed by atoms with Crippen molar-refractivity contribution < 1.29 is 5.11 Å². The van der Waals surface area contributed by atoms with E-state index < -0.39 is 0 Å². The molecule has 0 aliphatic heterocycles. The molecule has 5 nitrogen and oxygen atoms in total. The number of aliphatic hydroxyl groups excluding tert-OH is 1. The van der Waals surface area contributed by atoms with Crippen LogP contribution in [0.4, 0.5) is 0 Å². The molecule has 1 aliphatic carbocycles. The lowest BCUT2D eigenvalue weighted by molar-refractivity contribution is -0.0189. The summed E-state index contributed by atoms with van der Waals surface area (Å²) in [5.41, 5.74) is -0.110. The maximum atomic E-state index is 10.9. The van der Waals surface area contributed by atoms with Gasteiger partial charge in [0.15, 0.2) is 0 Å². The fourth-order valence-electron chi connectivity index (χ4n) is 3.49. The van der Waals surface area contributed by atoms with Crippen LogP contribution in [0.3, 0.4) is 0 Å². The zero-order chi connectivity index (χ0) is 14.6. The van der Waals surface area contributed by atoms with Gasteiger partial charge in [-0.15, -0.1) is 0 Å². The molecule has 1 fully saturated rings. The van der Waals surface area contributed by atoms with E-state index in [1.165, 1.54) is 25.7 Å². The first kappa shape index (κ1) is 15.4. The lowest BCUT2D eigenvalue weighted by Crippen LogP contribution is -2.54. The Bertz CT molecular complexity index is 408. The monoisotopic (exact) mass is 280 g/mol. The van der Waals surface area contributed by atoms with Crippen LogP contribution >= 0.6 is 0 Å². The third-order valence-corrected chi connectivity index (χ3v) is 4.85. The number of hydrogen-bond acceptors (Lipinski definition) is 4. The number of aryl methyl sites for hydroxylation is 1. The molecule has 114 valence electrons. The van der Waals surface area contributed by atoms with E-state index in [0.717, 1.165) is 25.2 Å². The molecule has 0 bridgehead atoms. The third-order valence-electron chi connectivity index (χ3n) is 4.85. The Morgan fingerprint density at radius 2 is 1.95 bits per heavy atom. The first-order chi connectivity index (χ1) is 9.60. The van der Waals surface area contributed by atoms with E-state index in [0.29, 0.717) is 6.42 Å². The highest BCUT2D eigenvalue weighted by Gasteiger charge is 2.40. The summed E-state index contributed by atoms with van der Waals surface area (Å²) in [6, 6.07) is 0. The SMILES string of the molecule is CCn1ncnc1CC(O)C1(N(C)C)CCCCCC1. The summed E-state index contributed by atoms with van der Waals surface area (Å²) >= 11 is 0. The van der Waals surface area contributed by atoms with Crippen LogP contribution in [0.2, 0.25) is 0 Å². The van der Waals surface area contributed by atoms with Gasteiger partial charge in [0, 0.05) is 18.5 Å². The molecule has 1 heterocycles. The van der Waals surface area contributed by atoms with Gasteiger partial charge < -0.3 is 10.0 Å². The molecule has 0 spiro atoms. The van der Waals surface area contributed by atoms with Crippen LogP contribution in [-0.4, -0.2) is 50.5 Å². The van der Waals surface area contributed by atoms with Crippen LogP contribution in [-0.2, 0) is 13.0 Å². The summed E-state index contributed by atoms with van der Waals surface area (Å²) in [7, 11) is 4.19. The van der Waals surface area contributed by atoms with Gasteiger partial charge in [0.1, 0.15) is 12.2 Å². The van der Waals surface area contributed by atoms with E-state index in [9.17, 15) is 5.11 Å². The molecule has 5 heteroatoms. The Labute approximate surface area is 122 Å². The summed E-state index contributed by atoms with van der Waals surface area (Å²) in [6.45, 7) is 2.86. The van der Waals surface area contributed by atoms with Crippen LogP contribution in [0.15, 0.2) is 6.33 Å². The first-order valence-electron chi connectivity index (χ1n) is 7.82. The average Bonchev–Trinajstić information content (AvgIpc) is 2.72. The predicted octanol–water partition coefficient (Wildman–Crippen LogP) is 1.86. The van der Waals surface area contributed by atoms with Crippen LogP contribution in [0, 0.1) is 0 Å². The van der Waals surface area contributed by atoms with E-state index in [1.807, 2.05) is 4.68 Å². The Morgan fingerprint density at radius 1 is 1.30 bits per heavy atom. The summed E-state index contributed by atoms with van der Waals surface area (Å²) in [4.78, 5) is 6.54. The smallest absolute Gasteiger partial charge is 0.138 e. The third kappa shape index (κ3) is 3.04. The largest absolute Gasteiger partial charge is 0.391 e. The molecule has 1 N–H and O–H groups in total. The van der Waals surface area contributed by atoms with Crippen molar-refractivity contribution in [3.63, 3.8) is 0 Å². The van der Waals surface area contributed by atoms with Crippen molar-refractivity contribution in [2.24, 2.45) is 0 Å². The van der Waals surface area contributed by atoms with E-state index >= 15 is 0 Å². The molecule has 1 saturated carbocycles. The van der Waals surface area contributed by atoms with Gasteiger partial charge in [-0.1, -0.05) is 25.7 Å². The van der Waals surface area contributed by atoms with Gasteiger partial charge in [-0.2, -0.15) is 5.10 Å². The van der Waals surface area contributed by atoms with Crippen molar-refractivity contribution in [1.82, 2.24) is 19.7 Å². The molecule has 0 saturated heterocycles. The summed E-state index contributed by atoms with van der Waals surface area (Å²) < 4.78 is 1.88. The maximum Gasteiger partial charge on any atom is 0.138 e. The fourth-order valence-corrected chi connectivity index (χ4v) is 3.49. The molecule has 1 aliphatic rings. The van der Waals surface area contributed by atoms with E-state index in [2.05, 4.69) is 36.0 Å². The second-order valence-corrected chi connectivity index (χ2v) is 6.12. The molecule has 1 aromatic heterocycles. The molecule has 0 amide bonds. The van der Waals surface area contributed by atoms with Crippen molar-refractivity contribution in [2.75, 3.05) is 14.1 Å². The average molecular weight is 280 g/mol. The minimum atomic E-state index is -0.384. The first-order valence-corrected chi connectivity index (χ1v) is 7.82. The van der Waals surface area contributed by atoms with E-state index in [1.54, 1.807) is 6.33 Å². The van der Waals surface area contributed by atoms with E-state index in [4.69, 9.17) is 0 Å². The van der Waals surface area contributed by atoms with E-state index in [-0.39, 0.29) is 11.6 Å². The van der Waals surface area contributed by atoms with Crippen molar-refractivity contribution in [1.29, 1.82) is 0 Å². The Morgan fingerprint density at radius 3 is 2.50 bits per heavy atom. The number of nitrogens with zero attached hydrogens (tertiary/aromatic N) is 4. The second kappa shape index (κ2) is 6.68. The normalized spacial score (nSPS) is 20.9. The summed E-state index contributed by atoms with van der Waals surface area (Å²) in [6.07, 6.45) is 8.91. The second-order valence-electron chi connectivity index (χ2n) is 6.12. The molecular weight excluding hydrogens is 252 g/mol. The van der Waals surface area contributed by atoms with Gasteiger partial charge in [0.25, 0.3) is 0 Å². The van der Waals surface area contributed by atoms with Crippen LogP contribution < -0.4 is 0 Å². The minimum absolute atomic E-state index is 0.110. The standard InChI is InChI=1S/C15H28N4O/c1-4-19-14(16-12-17-19)11-13(20)15(18(2)3)9-7-5-6-8-10-15/h12-13,20H,4-11H2,1-3H3. The molecule has 1 atom stereocenters. The lowest BCUT2D eigenvalue weighted by Gasteiger charge is -2.43. The maximum absolute atomic E-state index is 10.9. The summed E-state index contributed by atoms with van der Waals surface area (Å²) in [5.74, 6) is 0.894. The molecule has 0 radical (unpaired) electrons. The topological polar surface area (TPSA) is 54.2 Å². The predicted molar refractivity (Wildman–Crippen MR) is 79.5 cm³/mol. The quantitative estimate of drug-likeness (QED) is 0.836. The van der Waals surface area contributed by atoms with Gasteiger partial charge >= 0.3 is 0 Å². The number of aromatic nitrogens is 3. The number of aliphatic hydroxyl groups is 1. The fraction of sp³-hybridized carbons (Fsp3) is 0.867. The molecule has 2 rings (SSSR count). The van der Waals surface area contributed by atoms with Crippen molar-refractivity contribution in [3.05, 3.63) is 12.2 Å². The van der Waals surface area contributed by atoms with Gasteiger partial charge in [0.05, 0.1) is 6.10 Å². The molecule has 0 aromatic carbocycles. The van der Waals surface area contributed by atoms with Crippen molar-refractivity contribution >= 4 is 0 Å². The highest BCUT2D eigenvalue weighted by atomic mass is 16.3. The van der Waals surface area contributed by atoms with Crippen LogP contribution in [0.5, 0.6) is 0 Å². The molecule has 20 heavy (non-hydrogen) atoms. The lowest BCUT2D eigenvalue weighted by atomic mass is 9.81. The van der Waals surface area contributed by atoms with Crippen molar-refractivity contribution in [2.45, 2.75) is 70.1 Å². The highest BCUT2D eigenvalue weighted by Crippen LogP contribution is 2.35. The van der Waals surface area contributed by atoms with Gasteiger partial charge in [-0.3, -0.25) is 4.68 Å². The Kier molecular flexibility index (Phi) is 5.16. The minimum Gasteiger partial charge on any atom is -0.391 e. The van der Waals surface area contributed by atoms with Crippen LogP contribution in [0.25, 0.3) is 0 Å². The Hall–Kier alpha value is -0.940. The number of rotatable bonds is 5. The molecular formula is C15H28N4O. The van der Waals surface area contributed by atoms with Gasteiger partial charge in [-0.25, -0.2) is 4.98 Å². The number of likely N-dealkylation sites (N-methyl/N-ethyl adjacent to an activating group) is 1. The summed E-state index contributed by atoms with van der Waals surface area (Å²) in [5, 5.41) is 15.1. The molecule has 1 aromatic rings. The number of hydrogen-bond donors (Lipinski definition) is 1. The highest BCUT2D eigenvalue weighted by molar-refractivity contribution is 5.01. The Balaban J connectivity index is 2.16.